The van der Waals surface area contributed by atoms with Gasteiger partial charge in [0, 0.05) is 29.4 Å². The molecular weight excluding hydrogens is 160 g/mol. The lowest BCUT2D eigenvalue weighted by Gasteiger charge is -1.99. The summed E-state index contributed by atoms with van der Waals surface area (Å²) in [6.07, 6.45) is 6.28. The van der Waals surface area contributed by atoms with Crippen LogP contribution >= 0.6 is 0 Å². The Bertz CT molecular complexity index is 447. The average molecular weight is 170 g/mol. The van der Waals surface area contributed by atoms with Gasteiger partial charge in [0.1, 0.15) is 0 Å². The molecular formula is C11H10N2. The van der Waals surface area contributed by atoms with E-state index in [0.29, 0.717) is 0 Å². The quantitative estimate of drug-likeness (QED) is 0.657. The highest BCUT2D eigenvalue weighted by Crippen LogP contribution is 2.39. The summed E-state index contributed by atoms with van der Waals surface area (Å²) >= 11 is 0. The normalized spacial score (nSPS) is 16.3. The van der Waals surface area contributed by atoms with Crippen molar-refractivity contribution in [1.82, 2.24) is 9.97 Å². The molecule has 3 rings (SSSR count). The molecule has 0 aromatic carbocycles. The summed E-state index contributed by atoms with van der Waals surface area (Å²) in [5.41, 5.74) is 2.32. The first-order valence-electron chi connectivity index (χ1n) is 4.64. The largest absolute Gasteiger partial charge is 0.264 e. The number of hydrogen-bond donors (Lipinski definition) is 0. The summed E-state index contributed by atoms with van der Waals surface area (Å²) in [5, 5.41) is 1.13. The lowest BCUT2D eigenvalue weighted by molar-refractivity contribution is 1.04. The fraction of sp³-hybridized carbons (Fsp3) is 0.273. The van der Waals surface area contributed by atoms with Crippen LogP contribution in [0.3, 0.4) is 0 Å². The zero-order valence-electron chi connectivity index (χ0n) is 7.27. The Labute approximate surface area is 76.6 Å². The molecule has 0 saturated heterocycles. The molecule has 1 fully saturated rings. The molecule has 2 aromatic heterocycles. The smallest absolute Gasteiger partial charge is 0.0736 e. The van der Waals surface area contributed by atoms with E-state index in [4.69, 9.17) is 0 Å². The number of rotatable bonds is 1. The van der Waals surface area contributed by atoms with Gasteiger partial charge in [0.15, 0.2) is 0 Å². The summed E-state index contributed by atoms with van der Waals surface area (Å²) in [4.78, 5) is 8.66. The highest BCUT2D eigenvalue weighted by atomic mass is 14.7. The highest BCUT2D eigenvalue weighted by molar-refractivity contribution is 5.77. The van der Waals surface area contributed by atoms with Crippen LogP contribution in [-0.4, -0.2) is 9.97 Å². The average Bonchev–Trinajstić information content (AvgIpc) is 3.00. The van der Waals surface area contributed by atoms with Crippen LogP contribution in [0.25, 0.3) is 10.9 Å². The van der Waals surface area contributed by atoms with Gasteiger partial charge in [0.25, 0.3) is 0 Å². The van der Waals surface area contributed by atoms with E-state index in [1.165, 1.54) is 18.5 Å². The SMILES string of the molecule is c1cc2nc(C3CC3)ccc2cn1. The summed E-state index contributed by atoms with van der Waals surface area (Å²) in [6, 6.07) is 6.21. The van der Waals surface area contributed by atoms with Crippen LogP contribution < -0.4 is 0 Å². The third-order valence-corrected chi connectivity index (χ3v) is 2.51. The molecule has 1 aliphatic carbocycles. The van der Waals surface area contributed by atoms with E-state index in [1.807, 2.05) is 12.3 Å². The van der Waals surface area contributed by atoms with Gasteiger partial charge in [-0.05, 0) is 31.0 Å². The predicted octanol–water partition coefficient (Wildman–Crippen LogP) is 2.51. The molecule has 0 spiro atoms. The van der Waals surface area contributed by atoms with Crippen LogP contribution in [0, 0.1) is 0 Å². The maximum atomic E-state index is 4.60. The van der Waals surface area contributed by atoms with Gasteiger partial charge >= 0.3 is 0 Å². The van der Waals surface area contributed by atoms with Crippen molar-refractivity contribution in [3.8, 4) is 0 Å². The molecule has 64 valence electrons. The molecule has 2 heterocycles. The van der Waals surface area contributed by atoms with E-state index in [0.717, 1.165) is 16.8 Å². The summed E-state index contributed by atoms with van der Waals surface area (Å²) < 4.78 is 0. The van der Waals surface area contributed by atoms with E-state index < -0.39 is 0 Å². The minimum absolute atomic E-state index is 0.734. The zero-order valence-corrected chi connectivity index (χ0v) is 7.27. The fourth-order valence-electron chi connectivity index (χ4n) is 1.59. The van der Waals surface area contributed by atoms with E-state index >= 15 is 0 Å². The van der Waals surface area contributed by atoms with Crippen molar-refractivity contribution in [3.05, 3.63) is 36.3 Å². The molecule has 2 nitrogen and oxygen atoms in total. The second kappa shape index (κ2) is 2.52. The molecule has 0 atom stereocenters. The van der Waals surface area contributed by atoms with Crippen molar-refractivity contribution in [2.24, 2.45) is 0 Å². The Morgan fingerprint density at radius 1 is 1.15 bits per heavy atom. The van der Waals surface area contributed by atoms with Crippen molar-refractivity contribution in [2.75, 3.05) is 0 Å². The van der Waals surface area contributed by atoms with Gasteiger partial charge in [-0.15, -0.1) is 0 Å². The Balaban J connectivity index is 2.21. The number of fused-ring (bicyclic) bond motifs is 1. The Hall–Kier alpha value is -1.44. The lowest BCUT2D eigenvalue weighted by Crippen LogP contribution is -1.87. The Morgan fingerprint density at radius 3 is 2.92 bits per heavy atom. The molecule has 13 heavy (non-hydrogen) atoms. The first-order valence-corrected chi connectivity index (χ1v) is 4.64. The molecule has 2 heteroatoms. The van der Waals surface area contributed by atoms with Crippen molar-refractivity contribution in [1.29, 1.82) is 0 Å². The minimum atomic E-state index is 0.734. The van der Waals surface area contributed by atoms with Crippen LogP contribution in [0.5, 0.6) is 0 Å². The molecule has 1 saturated carbocycles. The fourth-order valence-corrected chi connectivity index (χ4v) is 1.59. The van der Waals surface area contributed by atoms with E-state index in [1.54, 1.807) is 6.20 Å². The molecule has 0 N–H and O–H groups in total. The third-order valence-electron chi connectivity index (χ3n) is 2.51. The van der Waals surface area contributed by atoms with Gasteiger partial charge in [-0.25, -0.2) is 0 Å². The lowest BCUT2D eigenvalue weighted by atomic mass is 10.2. The number of nitrogens with zero attached hydrogens (tertiary/aromatic N) is 2. The summed E-state index contributed by atoms with van der Waals surface area (Å²) in [7, 11) is 0. The van der Waals surface area contributed by atoms with Gasteiger partial charge in [0.2, 0.25) is 0 Å². The molecule has 1 aliphatic rings. The van der Waals surface area contributed by atoms with E-state index in [2.05, 4.69) is 22.1 Å². The van der Waals surface area contributed by atoms with Gasteiger partial charge in [0.05, 0.1) is 5.52 Å². The van der Waals surface area contributed by atoms with E-state index in [-0.39, 0.29) is 0 Å². The van der Waals surface area contributed by atoms with Crippen molar-refractivity contribution >= 4 is 10.9 Å². The third kappa shape index (κ3) is 1.18. The standard InChI is InChI=1S/C11H10N2/c1-2-8(1)10-4-3-9-7-12-6-5-11(9)13-10/h3-8H,1-2H2. The molecule has 0 bridgehead atoms. The maximum Gasteiger partial charge on any atom is 0.0736 e. The van der Waals surface area contributed by atoms with Crippen molar-refractivity contribution in [2.45, 2.75) is 18.8 Å². The van der Waals surface area contributed by atoms with Crippen LogP contribution in [0.15, 0.2) is 30.6 Å². The van der Waals surface area contributed by atoms with Gasteiger partial charge < -0.3 is 0 Å². The molecule has 0 unspecified atom stereocenters. The molecule has 0 radical (unpaired) electrons. The van der Waals surface area contributed by atoms with Gasteiger partial charge in [-0.2, -0.15) is 0 Å². The van der Waals surface area contributed by atoms with Crippen molar-refractivity contribution < 1.29 is 0 Å². The van der Waals surface area contributed by atoms with Crippen LogP contribution in [-0.2, 0) is 0 Å². The maximum absolute atomic E-state index is 4.60. The Morgan fingerprint density at radius 2 is 2.08 bits per heavy atom. The first kappa shape index (κ1) is 7.01. The first-order chi connectivity index (χ1) is 6.43. The number of hydrogen-bond acceptors (Lipinski definition) is 2. The molecule has 0 aliphatic heterocycles. The minimum Gasteiger partial charge on any atom is -0.264 e. The van der Waals surface area contributed by atoms with E-state index in [9.17, 15) is 0 Å². The predicted molar refractivity (Wildman–Crippen MR) is 51.5 cm³/mol. The van der Waals surface area contributed by atoms with Crippen LogP contribution in [0.1, 0.15) is 24.5 Å². The highest BCUT2D eigenvalue weighted by Gasteiger charge is 2.24. The Kier molecular flexibility index (Phi) is 1.36. The zero-order chi connectivity index (χ0) is 8.67. The second-order valence-corrected chi connectivity index (χ2v) is 3.58. The molecule has 2 aromatic rings. The van der Waals surface area contributed by atoms with Gasteiger partial charge in [-0.1, -0.05) is 0 Å². The van der Waals surface area contributed by atoms with Crippen LogP contribution in [0.4, 0.5) is 0 Å². The second-order valence-electron chi connectivity index (χ2n) is 3.58. The van der Waals surface area contributed by atoms with Gasteiger partial charge in [-0.3, -0.25) is 9.97 Å². The molecule has 0 amide bonds. The summed E-state index contributed by atoms with van der Waals surface area (Å²) in [5.74, 6) is 0.734. The van der Waals surface area contributed by atoms with Crippen LogP contribution in [0.2, 0.25) is 0 Å². The summed E-state index contributed by atoms with van der Waals surface area (Å²) in [6.45, 7) is 0. The number of pyridine rings is 2. The van der Waals surface area contributed by atoms with Crippen molar-refractivity contribution in [3.63, 3.8) is 0 Å². The monoisotopic (exact) mass is 170 g/mol. The topological polar surface area (TPSA) is 25.8 Å². The number of aromatic nitrogens is 2.